The Morgan fingerprint density at radius 3 is 2.59 bits per heavy atom. The molecule has 17 heavy (non-hydrogen) atoms. The minimum Gasteiger partial charge on any atom is -0.503 e. The van der Waals surface area contributed by atoms with E-state index >= 15 is 0 Å². The summed E-state index contributed by atoms with van der Waals surface area (Å²) in [4.78, 5) is 12.8. The van der Waals surface area contributed by atoms with Crippen LogP contribution in [0.3, 0.4) is 0 Å². The molecule has 10 heteroatoms. The first-order chi connectivity index (χ1) is 7.74. The standard InChI is InChI=1S/C7H4BrF3N2O4/c8-2-3-4(13(15)16)1-5(14)6(12-3)17-7(9,10)11/h1,14H,2H2. The summed E-state index contributed by atoms with van der Waals surface area (Å²) in [6, 6.07) is 0.546. The first-order valence-electron chi connectivity index (χ1n) is 3.93. The van der Waals surface area contributed by atoms with Crippen LogP contribution in [-0.4, -0.2) is 21.4 Å². The number of aromatic nitrogens is 1. The van der Waals surface area contributed by atoms with Crippen molar-refractivity contribution in [1.82, 2.24) is 4.98 Å². The number of nitro groups is 1. The predicted octanol–water partition coefficient (Wildman–Crippen LogP) is 2.49. The van der Waals surface area contributed by atoms with Crippen LogP contribution in [0, 0.1) is 10.1 Å². The second kappa shape index (κ2) is 4.73. The fraction of sp³-hybridized carbons (Fsp3) is 0.286. The zero-order valence-electron chi connectivity index (χ0n) is 7.86. The summed E-state index contributed by atoms with van der Waals surface area (Å²) in [7, 11) is 0. The average molecular weight is 317 g/mol. The van der Waals surface area contributed by atoms with E-state index < -0.39 is 28.6 Å². The van der Waals surface area contributed by atoms with Gasteiger partial charge in [-0.15, -0.1) is 13.2 Å². The van der Waals surface area contributed by atoms with Gasteiger partial charge < -0.3 is 9.84 Å². The van der Waals surface area contributed by atoms with E-state index in [1.165, 1.54) is 0 Å². The molecule has 0 aromatic carbocycles. The quantitative estimate of drug-likeness (QED) is 0.526. The molecule has 0 saturated carbocycles. The summed E-state index contributed by atoms with van der Waals surface area (Å²) >= 11 is 2.83. The number of pyridine rings is 1. The summed E-state index contributed by atoms with van der Waals surface area (Å²) < 4.78 is 39.1. The highest BCUT2D eigenvalue weighted by atomic mass is 79.9. The lowest BCUT2D eigenvalue weighted by Crippen LogP contribution is -2.18. The van der Waals surface area contributed by atoms with Crippen molar-refractivity contribution in [2.45, 2.75) is 11.7 Å². The van der Waals surface area contributed by atoms with Crippen LogP contribution < -0.4 is 4.74 Å². The van der Waals surface area contributed by atoms with Crippen LogP contribution in [0.2, 0.25) is 0 Å². The maximum absolute atomic E-state index is 11.9. The fourth-order valence-corrected chi connectivity index (χ4v) is 1.37. The van der Waals surface area contributed by atoms with E-state index in [1.807, 2.05) is 0 Å². The molecule has 6 nitrogen and oxygen atoms in total. The lowest BCUT2D eigenvalue weighted by molar-refractivity contribution is -0.386. The summed E-state index contributed by atoms with van der Waals surface area (Å²) in [6.07, 6.45) is -5.04. The number of hydrogen-bond donors (Lipinski definition) is 1. The van der Waals surface area contributed by atoms with Gasteiger partial charge in [0.15, 0.2) is 5.75 Å². The molecule has 0 aliphatic carbocycles. The SMILES string of the molecule is O=[N+]([O-])c1cc(O)c(OC(F)(F)F)nc1CBr. The van der Waals surface area contributed by atoms with Gasteiger partial charge in [0.05, 0.1) is 16.3 Å². The molecule has 0 amide bonds. The van der Waals surface area contributed by atoms with Gasteiger partial charge in [0.1, 0.15) is 5.69 Å². The largest absolute Gasteiger partial charge is 0.574 e. The van der Waals surface area contributed by atoms with Crippen molar-refractivity contribution in [2.24, 2.45) is 0 Å². The number of ether oxygens (including phenoxy) is 1. The van der Waals surface area contributed by atoms with Crippen molar-refractivity contribution in [3.8, 4) is 11.6 Å². The number of halogens is 4. The van der Waals surface area contributed by atoms with Crippen LogP contribution in [0.25, 0.3) is 0 Å². The van der Waals surface area contributed by atoms with E-state index in [0.29, 0.717) is 6.07 Å². The van der Waals surface area contributed by atoms with Gasteiger partial charge in [0.2, 0.25) is 0 Å². The monoisotopic (exact) mass is 316 g/mol. The third kappa shape index (κ3) is 3.44. The van der Waals surface area contributed by atoms with Crippen molar-refractivity contribution in [1.29, 1.82) is 0 Å². The zero-order chi connectivity index (χ0) is 13.2. The Kier molecular flexibility index (Phi) is 3.76. The molecule has 0 bridgehead atoms. The van der Waals surface area contributed by atoms with Gasteiger partial charge in [-0.3, -0.25) is 10.1 Å². The van der Waals surface area contributed by atoms with Crippen molar-refractivity contribution >= 4 is 21.6 Å². The van der Waals surface area contributed by atoms with Crippen molar-refractivity contribution in [3.63, 3.8) is 0 Å². The van der Waals surface area contributed by atoms with Gasteiger partial charge in [-0.2, -0.15) is 0 Å². The van der Waals surface area contributed by atoms with E-state index in [2.05, 4.69) is 25.7 Å². The molecule has 0 radical (unpaired) electrons. The molecule has 1 heterocycles. The Bertz CT molecular complexity index is 451. The molecular formula is C7H4BrF3N2O4. The first-order valence-corrected chi connectivity index (χ1v) is 5.05. The summed E-state index contributed by atoms with van der Waals surface area (Å²) in [5.74, 6) is -2.18. The smallest absolute Gasteiger partial charge is 0.503 e. The topological polar surface area (TPSA) is 85.5 Å². The molecule has 1 rings (SSSR count). The highest BCUT2D eigenvalue weighted by Gasteiger charge is 2.34. The Labute approximate surface area is 100 Å². The second-order valence-corrected chi connectivity index (χ2v) is 3.28. The van der Waals surface area contributed by atoms with Crippen molar-refractivity contribution in [3.05, 3.63) is 21.9 Å². The summed E-state index contributed by atoms with van der Waals surface area (Å²) in [6.45, 7) is 0. The van der Waals surface area contributed by atoms with Crippen LogP contribution in [0.4, 0.5) is 18.9 Å². The van der Waals surface area contributed by atoms with Gasteiger partial charge in [-0.1, -0.05) is 15.9 Å². The van der Waals surface area contributed by atoms with E-state index in [0.717, 1.165) is 0 Å². The van der Waals surface area contributed by atoms with Crippen LogP contribution in [-0.2, 0) is 5.33 Å². The maximum Gasteiger partial charge on any atom is 0.574 e. The van der Waals surface area contributed by atoms with Gasteiger partial charge in [0, 0.05) is 0 Å². The molecule has 1 aromatic heterocycles. The zero-order valence-corrected chi connectivity index (χ0v) is 9.45. The Balaban J connectivity index is 3.23. The Hall–Kier alpha value is -1.58. The Morgan fingerprint density at radius 2 is 2.18 bits per heavy atom. The highest BCUT2D eigenvalue weighted by molar-refractivity contribution is 9.08. The molecule has 0 spiro atoms. The third-order valence-electron chi connectivity index (χ3n) is 1.56. The van der Waals surface area contributed by atoms with E-state index in [-0.39, 0.29) is 11.0 Å². The first kappa shape index (κ1) is 13.5. The van der Waals surface area contributed by atoms with Crippen LogP contribution in [0.1, 0.15) is 5.69 Å². The van der Waals surface area contributed by atoms with Gasteiger partial charge >= 0.3 is 6.36 Å². The lowest BCUT2D eigenvalue weighted by Gasteiger charge is -2.10. The summed E-state index contributed by atoms with van der Waals surface area (Å²) in [5.41, 5.74) is -0.888. The molecule has 0 unspecified atom stereocenters. The molecule has 1 N–H and O–H groups in total. The third-order valence-corrected chi connectivity index (χ3v) is 2.09. The number of aromatic hydroxyl groups is 1. The molecule has 0 saturated heterocycles. The maximum atomic E-state index is 11.9. The number of hydrogen-bond acceptors (Lipinski definition) is 5. The number of alkyl halides is 4. The van der Waals surface area contributed by atoms with E-state index in [1.54, 1.807) is 0 Å². The van der Waals surface area contributed by atoms with Gasteiger partial charge in [-0.25, -0.2) is 4.98 Å². The van der Waals surface area contributed by atoms with Crippen molar-refractivity contribution in [2.75, 3.05) is 0 Å². The fourth-order valence-electron chi connectivity index (χ4n) is 0.953. The average Bonchev–Trinajstić information content (AvgIpc) is 2.18. The number of nitrogens with zero attached hydrogens (tertiary/aromatic N) is 2. The Morgan fingerprint density at radius 1 is 1.59 bits per heavy atom. The van der Waals surface area contributed by atoms with E-state index in [4.69, 9.17) is 5.11 Å². The van der Waals surface area contributed by atoms with Crippen LogP contribution >= 0.6 is 15.9 Å². The summed E-state index contributed by atoms with van der Waals surface area (Å²) in [5, 5.41) is 19.5. The minimum atomic E-state index is -5.04. The van der Waals surface area contributed by atoms with Crippen LogP contribution in [0.15, 0.2) is 6.07 Å². The van der Waals surface area contributed by atoms with Crippen LogP contribution in [0.5, 0.6) is 11.6 Å². The molecule has 0 atom stereocenters. The molecular weight excluding hydrogens is 313 g/mol. The predicted molar refractivity (Wildman–Crippen MR) is 51.9 cm³/mol. The minimum absolute atomic E-state index is 0.155. The lowest BCUT2D eigenvalue weighted by atomic mass is 10.3. The van der Waals surface area contributed by atoms with Gasteiger partial charge in [0.25, 0.3) is 11.6 Å². The molecule has 1 aromatic rings. The molecule has 0 aliphatic heterocycles. The second-order valence-electron chi connectivity index (χ2n) is 2.72. The highest BCUT2D eigenvalue weighted by Crippen LogP contribution is 2.34. The number of rotatable bonds is 3. The van der Waals surface area contributed by atoms with Gasteiger partial charge in [-0.05, 0) is 0 Å². The molecule has 94 valence electrons. The van der Waals surface area contributed by atoms with Crippen molar-refractivity contribution < 1.29 is 27.9 Å². The normalized spacial score (nSPS) is 11.3. The van der Waals surface area contributed by atoms with E-state index in [9.17, 15) is 23.3 Å². The molecule has 0 aliphatic rings. The molecule has 0 fully saturated rings.